The summed E-state index contributed by atoms with van der Waals surface area (Å²) in [6.07, 6.45) is 0. The van der Waals surface area contributed by atoms with Gasteiger partial charge in [0, 0.05) is 89.9 Å². The minimum atomic E-state index is -3.65. The molecule has 386 valence electrons. The van der Waals surface area contributed by atoms with E-state index in [-0.39, 0.29) is 59.5 Å². The third-order valence-electron chi connectivity index (χ3n) is 3.08. The molecule has 0 amide bonds. The van der Waals surface area contributed by atoms with Gasteiger partial charge in [-0.15, -0.1) is 0 Å². The molecule has 0 saturated heterocycles. The Morgan fingerprint density at radius 1 is 0.492 bits per heavy atom. The Balaban J connectivity index is -0.0000000339. The van der Waals surface area contributed by atoms with Crippen LogP contribution < -0.4 is 10.9 Å². The first kappa shape index (κ1) is 101. The van der Waals surface area contributed by atoms with Gasteiger partial charge in [-0.1, -0.05) is 14.9 Å². The van der Waals surface area contributed by atoms with Crippen LogP contribution in [0.25, 0.3) is 0 Å². The molecule has 0 aromatic heterocycles. The van der Waals surface area contributed by atoms with Gasteiger partial charge < -0.3 is 118 Å². The maximum absolute atomic E-state index is 10.7. The van der Waals surface area contributed by atoms with Gasteiger partial charge in [-0.25, -0.2) is 4.57 Å². The molecule has 49 heteroatoms. The molecule has 0 rings (SSSR count). The van der Waals surface area contributed by atoms with E-state index in [1.54, 1.807) is 28.4 Å². The average Bonchev–Trinajstić information content (AvgIpc) is 3.20. The Bertz CT molecular complexity index is 526. The molecule has 0 unspecified atom stereocenters. The third kappa shape index (κ3) is 126. The third-order valence-corrected chi connectivity index (χ3v) is 22.1. The normalized spacial score (nSPS) is 12.7. The molecule has 0 bridgehead atoms. The Kier molecular flexibility index (Phi) is 171. The van der Waals surface area contributed by atoms with E-state index in [1.165, 1.54) is 0 Å². The van der Waals surface area contributed by atoms with Crippen molar-refractivity contribution < 1.29 is 158 Å². The van der Waals surface area contributed by atoms with Crippen molar-refractivity contribution in [3.63, 3.8) is 0 Å². The minimum Gasteiger partial charge on any atom is -0.820 e. The van der Waals surface area contributed by atoms with E-state index in [2.05, 4.69) is 26.8 Å². The van der Waals surface area contributed by atoms with Gasteiger partial charge in [0.1, 0.15) is 52.4 Å². The maximum atomic E-state index is 10.7. The number of phosphoric ester groups is 1. The number of phosphoric acid groups is 1. The molecular weight excluding hydrogens is 1210 g/mol. The van der Waals surface area contributed by atoms with Gasteiger partial charge >= 0.3 is 36.4 Å². The average molecular weight is 1290 g/mol. The first-order chi connectivity index (χ1) is 25.4. The molecule has 0 aliphatic rings. The van der Waals surface area contributed by atoms with Crippen LogP contribution in [0.5, 0.6) is 0 Å². The topological polar surface area (TPSA) is 414 Å². The van der Waals surface area contributed by atoms with Crippen molar-refractivity contribution in [2.45, 2.75) is 14.9 Å². The van der Waals surface area contributed by atoms with E-state index in [0.29, 0.717) is 52.4 Å². The maximum Gasteiger partial charge on any atom is 0.471 e. The van der Waals surface area contributed by atoms with E-state index >= 15 is 0 Å². The fourth-order valence-electron chi connectivity index (χ4n) is 1.27. The van der Waals surface area contributed by atoms with Crippen molar-refractivity contribution in [3.8, 4) is 0 Å². The number of rotatable bonds is 26. The Morgan fingerprint density at radius 2 is 0.661 bits per heavy atom. The van der Waals surface area contributed by atoms with Crippen LogP contribution in [-0.4, -0.2) is 267 Å². The Labute approximate surface area is 411 Å². The molecular formula is C10H79NNi2O28PSi17-. The van der Waals surface area contributed by atoms with Gasteiger partial charge in [-0.2, -0.15) is 0 Å². The van der Waals surface area contributed by atoms with Crippen LogP contribution in [-0.2, 0) is 114 Å². The second kappa shape index (κ2) is 100.0. The molecule has 59 heavy (non-hydrogen) atoms. The quantitative estimate of drug-likeness (QED) is 0.0294. The van der Waals surface area contributed by atoms with Crippen molar-refractivity contribution in [1.82, 2.24) is 6.15 Å². The molecule has 0 atom stereocenters. The molecule has 0 radical (unpaired) electrons. The molecule has 0 aliphatic carbocycles. The van der Waals surface area contributed by atoms with Gasteiger partial charge in [-0.05, 0) is 0 Å². The van der Waals surface area contributed by atoms with Crippen LogP contribution in [0.1, 0.15) is 14.9 Å². The van der Waals surface area contributed by atoms with E-state index in [4.69, 9.17) is 83.7 Å². The summed E-state index contributed by atoms with van der Waals surface area (Å²) in [6.45, 7) is 0. The summed E-state index contributed by atoms with van der Waals surface area (Å²) in [5.41, 5.74) is 0. The van der Waals surface area contributed by atoms with Gasteiger partial charge in [0.15, 0.2) is 0 Å². The summed E-state index contributed by atoms with van der Waals surface area (Å²) in [6, 6.07) is 0. The summed E-state index contributed by atoms with van der Waals surface area (Å²) in [7, 11) is -7.77. The fraction of sp³-hybridized carbons (Fsp3) is 1.00. The second-order valence-corrected chi connectivity index (χ2v) is 34.8. The van der Waals surface area contributed by atoms with Crippen molar-refractivity contribution in [2.24, 2.45) is 0 Å². The number of hydrogen-bond acceptors (Lipinski definition) is 27. The fourth-order valence-corrected chi connectivity index (χ4v) is 19.4. The number of hydrogen-bond donors (Lipinski definition) is 8. The van der Waals surface area contributed by atoms with Gasteiger partial charge in [-0.3, -0.25) is 9.05 Å². The van der Waals surface area contributed by atoms with Crippen molar-refractivity contribution >= 4 is 178 Å². The van der Waals surface area contributed by atoms with Crippen molar-refractivity contribution in [2.75, 3.05) is 56.9 Å². The zero-order valence-electron chi connectivity index (χ0n) is 34.5. The predicted molar refractivity (Wildman–Crippen MR) is 259 cm³/mol. The Morgan fingerprint density at radius 3 is 0.797 bits per heavy atom. The molecule has 12 N–H and O–H groups in total. The molecule has 29 nitrogen and oxygen atoms in total. The monoisotopic (exact) mass is 1280 g/mol. The zero-order chi connectivity index (χ0) is 43.2. The van der Waals surface area contributed by atoms with Gasteiger partial charge in [0.05, 0.1) is 0 Å². The standard InChI is InChI=1S/2C2H12O5Si3.C2H7O4P.2CH4O.2CH4.H3N.2Ni.H12O5Si5.H11O5Si5.H4OSi.H2O/c2*1-4-8-6-10(3)7-9-5-2;1-5-7(3,4)6-2;2*1-2;;;;;;2*1-10(4-8-2-6)5-9-3-7;1-2;/h2*3,10H,8-9H2,1-2H3;1-2H3,(H,3,4);2*2H,1H3;2*1H4;1H3;;;1,10H,8-9H2,6-7H3;10H,8-9H2,6-7H3;1H,2H3;1H2/q;;;;;;;;;;;-1;;. The molecule has 0 saturated carbocycles. The van der Waals surface area contributed by atoms with E-state index in [1.807, 2.05) is 0 Å². The summed E-state index contributed by atoms with van der Waals surface area (Å²) >= 11 is 0. The largest absolute Gasteiger partial charge is 0.820 e. The molecule has 0 spiro atoms. The molecule has 0 heterocycles. The summed E-state index contributed by atoms with van der Waals surface area (Å²) < 4.78 is 94.6. The van der Waals surface area contributed by atoms with Gasteiger partial charge in [0.25, 0.3) is 80.1 Å². The second-order valence-electron chi connectivity index (χ2n) is 6.63. The number of aliphatic hydroxyl groups is 2. The van der Waals surface area contributed by atoms with Crippen LogP contribution in [0.3, 0.4) is 0 Å². The SMILES string of the molecule is C.C.CO.CO.COP(=O)(O)OC.CO[SiH2]O[SiH](O)O[SiH2]OC.CO[SiH2]O[SiH](O)O[SiH2]OC.N.O.O[SiH3].O[SiH](O[SiH2]O[SiH3])O[SiH2]O[SiH3].[Ni].[Ni].[O-][SiH](O[SiH2]O[SiH3])O[SiH2]O[SiH3]. The molecule has 0 aliphatic heterocycles. The summed E-state index contributed by atoms with van der Waals surface area (Å²) in [4.78, 5) is 52.8. The van der Waals surface area contributed by atoms with Crippen LogP contribution >= 0.6 is 7.82 Å². The van der Waals surface area contributed by atoms with E-state index < -0.39 is 126 Å². The van der Waals surface area contributed by atoms with Gasteiger partial charge in [0.2, 0.25) is 9.53 Å². The smallest absolute Gasteiger partial charge is 0.471 e. The predicted octanol–water partition coefficient (Wildman–Crippen LogP) is -19.5. The molecule has 0 fully saturated rings. The number of aliphatic hydroxyl groups excluding tert-OH is 2. The molecule has 0 aromatic rings. The van der Waals surface area contributed by atoms with Crippen LogP contribution in [0.15, 0.2) is 0 Å². The minimum absolute atomic E-state index is 0. The summed E-state index contributed by atoms with van der Waals surface area (Å²) in [5.74, 6) is 0. The Hall–Kier alpha value is 3.78. The van der Waals surface area contributed by atoms with Crippen molar-refractivity contribution in [3.05, 3.63) is 0 Å². The van der Waals surface area contributed by atoms with Crippen LogP contribution in [0.4, 0.5) is 0 Å². The summed E-state index contributed by atoms with van der Waals surface area (Å²) in [5, 5.41) is 14.0. The zero-order valence-corrected chi connectivity index (χ0v) is 63.4. The van der Waals surface area contributed by atoms with E-state index in [9.17, 15) is 9.36 Å². The van der Waals surface area contributed by atoms with E-state index in [0.717, 1.165) is 28.4 Å². The van der Waals surface area contributed by atoms with Crippen molar-refractivity contribution in [1.29, 1.82) is 0 Å². The first-order valence-corrected chi connectivity index (χ1v) is 34.4. The van der Waals surface area contributed by atoms with Crippen LogP contribution in [0.2, 0.25) is 0 Å². The first-order valence-electron chi connectivity index (χ1n) is 13.7. The van der Waals surface area contributed by atoms with Crippen LogP contribution in [0, 0.1) is 0 Å². The molecule has 0 aromatic carbocycles.